The second kappa shape index (κ2) is 19.5. The van der Waals surface area contributed by atoms with Crippen LogP contribution in [0, 0.1) is 0 Å². The molecule has 11 nitrogen and oxygen atoms in total. The fraction of sp³-hybridized carbons (Fsp3) is 0.378. The summed E-state index contributed by atoms with van der Waals surface area (Å²) >= 11 is 27.9. The summed E-state index contributed by atoms with van der Waals surface area (Å²) in [5.41, 5.74) is 7.88. The van der Waals surface area contributed by atoms with Gasteiger partial charge in [0.05, 0.1) is 54.8 Å². The molecule has 4 heterocycles. The number of nitrogens with zero attached hydrogens (tertiary/aromatic N) is 3. The summed E-state index contributed by atoms with van der Waals surface area (Å²) in [6.07, 6.45) is 10.6. The molecule has 0 radical (unpaired) electrons. The van der Waals surface area contributed by atoms with E-state index in [-0.39, 0.29) is 8.42 Å². The van der Waals surface area contributed by atoms with Crippen molar-refractivity contribution in [3.05, 3.63) is 114 Å². The maximum absolute atomic E-state index is 12.2. The lowest BCUT2D eigenvalue weighted by molar-refractivity contribution is 0.158. The second-order valence-corrected chi connectivity index (χ2v) is 23.7. The van der Waals surface area contributed by atoms with Crippen molar-refractivity contribution in [1.29, 1.82) is 0 Å². The number of aliphatic hydroxyl groups is 2. The summed E-state index contributed by atoms with van der Waals surface area (Å²) in [7, 11) is -6.75. The molecule has 0 fully saturated rings. The van der Waals surface area contributed by atoms with E-state index in [0.717, 1.165) is 129 Å². The molecule has 2 aromatic carbocycles. The van der Waals surface area contributed by atoms with E-state index in [1.807, 2.05) is 21.5 Å². The third-order valence-corrected chi connectivity index (χ3v) is 18.2. The van der Waals surface area contributed by atoms with Crippen LogP contribution in [0.25, 0.3) is 32.5 Å². The molecule has 0 saturated carbocycles. The number of rotatable bonds is 16. The summed E-state index contributed by atoms with van der Waals surface area (Å²) in [6.45, 7) is 1.64. The lowest BCUT2D eigenvalue weighted by atomic mass is 9.98. The Bertz CT molecular complexity index is 2740. The molecule has 64 heavy (non-hydrogen) atoms. The summed E-state index contributed by atoms with van der Waals surface area (Å²) in [4.78, 5) is 3.71. The Morgan fingerprint density at radius 2 is 1.03 bits per heavy atom. The normalized spacial score (nSPS) is 15.0. The fourth-order valence-corrected chi connectivity index (χ4v) is 14.0. The zero-order valence-corrected chi connectivity index (χ0v) is 41.0. The van der Waals surface area contributed by atoms with Crippen LogP contribution in [0.2, 0.25) is 20.1 Å². The van der Waals surface area contributed by atoms with E-state index in [1.165, 1.54) is 0 Å². The van der Waals surface area contributed by atoms with Gasteiger partial charge in [-0.25, -0.2) is 0 Å². The van der Waals surface area contributed by atoms with Crippen LogP contribution in [-0.4, -0.2) is 70.3 Å². The first-order chi connectivity index (χ1) is 30.4. The maximum Gasteiger partial charge on any atom is 0.304 e. The van der Waals surface area contributed by atoms with Crippen LogP contribution in [0.15, 0.2) is 69.3 Å². The molecular weight excluding hydrogens is 981 g/mol. The van der Waals surface area contributed by atoms with Gasteiger partial charge in [-0.15, -0.1) is 22.7 Å². The van der Waals surface area contributed by atoms with E-state index in [0.29, 0.717) is 70.0 Å². The summed E-state index contributed by atoms with van der Waals surface area (Å²) < 4.78 is 72.0. The van der Waals surface area contributed by atoms with Crippen LogP contribution < -0.4 is 0 Å². The second-order valence-electron chi connectivity index (χ2n) is 16.6. The molecule has 0 saturated heterocycles. The smallest absolute Gasteiger partial charge is 0.304 e. The Morgan fingerprint density at radius 1 is 0.625 bits per heavy atom. The molecule has 0 aliphatic heterocycles. The molecule has 8 rings (SSSR count). The minimum atomic E-state index is -4.41. The van der Waals surface area contributed by atoms with Crippen molar-refractivity contribution >= 4 is 89.3 Å². The van der Waals surface area contributed by atoms with Gasteiger partial charge in [0.1, 0.15) is 8.42 Å². The van der Waals surface area contributed by atoms with Crippen LogP contribution in [0.3, 0.4) is 0 Å². The van der Waals surface area contributed by atoms with Crippen molar-refractivity contribution in [2.45, 2.75) is 97.7 Å². The molecule has 4 N–H and O–H groups in total. The minimum absolute atomic E-state index is 0.119. The highest BCUT2D eigenvalue weighted by molar-refractivity contribution is 7.88. The molecule has 2 aliphatic carbocycles. The molecular formula is C45H47Cl4N3O8S4. The lowest BCUT2D eigenvalue weighted by Crippen LogP contribution is -2.21. The third kappa shape index (κ3) is 10.1. The number of unbranched alkanes of at least 4 members (excludes halogenated alkanes) is 2. The number of thiophene rings is 2. The highest BCUT2D eigenvalue weighted by Crippen LogP contribution is 2.47. The van der Waals surface area contributed by atoms with Crippen molar-refractivity contribution in [1.82, 2.24) is 14.0 Å². The highest BCUT2D eigenvalue weighted by atomic mass is 35.5. The van der Waals surface area contributed by atoms with Gasteiger partial charge < -0.3 is 24.2 Å². The van der Waals surface area contributed by atoms with E-state index < -0.39 is 32.4 Å². The number of aliphatic hydroxyl groups excluding tert-OH is 2. The lowest BCUT2D eigenvalue weighted by Gasteiger charge is -2.18. The molecule has 6 aromatic rings. The van der Waals surface area contributed by atoms with Crippen LogP contribution in [0.4, 0.5) is 0 Å². The number of benzene rings is 2. The van der Waals surface area contributed by atoms with Gasteiger partial charge in [-0.2, -0.15) is 16.8 Å². The minimum Gasteiger partial charge on any atom is -0.388 e. The van der Waals surface area contributed by atoms with Gasteiger partial charge in [-0.05, 0) is 168 Å². The molecule has 2 atom stereocenters. The Hall–Kier alpha value is -2.74. The van der Waals surface area contributed by atoms with E-state index in [9.17, 15) is 36.2 Å². The first kappa shape index (κ1) is 47.7. The molecule has 2 aliphatic rings. The first-order valence-corrected chi connectivity index (χ1v) is 27.1. The number of hydrogen-bond donors (Lipinski definition) is 4. The SMILES string of the molecule is CN(CCCCC(O)c1cn(-c2ccc(Cl)cc2Cl)c2c1CCCc1cc(S(=O)(=O)O)sc1-2)CCCCC(O)c1cn(-c2ccc(Cl)cc2Cl)c2c1CCCc1cc(S(=O)(=O)O)sc1-2. The fourth-order valence-electron chi connectivity index (χ4n) is 9.06. The van der Waals surface area contributed by atoms with Gasteiger partial charge in [-0.3, -0.25) is 9.11 Å². The number of aromatic nitrogens is 2. The maximum atomic E-state index is 12.2. The number of hydrogen-bond acceptors (Lipinski definition) is 9. The van der Waals surface area contributed by atoms with E-state index in [1.54, 1.807) is 48.5 Å². The van der Waals surface area contributed by atoms with Crippen LogP contribution >= 0.6 is 69.1 Å². The van der Waals surface area contributed by atoms with Gasteiger partial charge in [0.15, 0.2) is 0 Å². The molecule has 342 valence electrons. The standard InChI is InChI=1S/C45H47Cl4N3O8S4/c1-50(18-4-2-12-38(53)32-24-51(36-16-14-28(46)22-34(36)48)42-30(32)10-6-8-26-20-40(61-44(26)42)63(55,56)57)19-5-3-13-39(54)33-25-52(37-17-15-29(47)23-35(37)49)43-31(33)11-7-9-27-21-41(62-45(27)43)64(58,59)60/h14-17,20-25,38-39,53-54H,2-13,18-19H2,1H3,(H,55,56,57)(H,58,59,60). The van der Waals surface area contributed by atoms with Crippen LogP contribution in [-0.2, 0) is 45.9 Å². The Kier molecular flexibility index (Phi) is 14.5. The van der Waals surface area contributed by atoms with Gasteiger partial charge in [0, 0.05) is 33.6 Å². The predicted octanol–water partition coefficient (Wildman–Crippen LogP) is 11.8. The van der Waals surface area contributed by atoms with Crippen LogP contribution in [0.5, 0.6) is 0 Å². The van der Waals surface area contributed by atoms with Crippen molar-refractivity contribution in [3.8, 4) is 32.5 Å². The summed E-state index contributed by atoms with van der Waals surface area (Å²) in [5.74, 6) is 0. The van der Waals surface area contributed by atoms with Gasteiger partial charge in [-0.1, -0.05) is 46.4 Å². The largest absolute Gasteiger partial charge is 0.388 e. The molecule has 19 heteroatoms. The summed E-state index contributed by atoms with van der Waals surface area (Å²) in [6, 6.07) is 13.4. The Balaban J connectivity index is 0.905. The van der Waals surface area contributed by atoms with Crippen molar-refractivity contribution in [2.24, 2.45) is 0 Å². The van der Waals surface area contributed by atoms with Crippen molar-refractivity contribution < 1.29 is 36.2 Å². The molecule has 0 amide bonds. The zero-order chi connectivity index (χ0) is 45.7. The zero-order valence-electron chi connectivity index (χ0n) is 34.7. The first-order valence-electron chi connectivity index (χ1n) is 21.0. The number of fused-ring (bicyclic) bond motifs is 6. The molecule has 4 aromatic heterocycles. The van der Waals surface area contributed by atoms with Gasteiger partial charge >= 0.3 is 20.2 Å². The average Bonchev–Trinajstić information content (AvgIpc) is 3.98. The van der Waals surface area contributed by atoms with Crippen LogP contribution in [0.1, 0.15) is 97.0 Å². The molecule has 0 spiro atoms. The average molecular weight is 1030 g/mol. The van der Waals surface area contributed by atoms with Crippen molar-refractivity contribution in [2.75, 3.05) is 20.1 Å². The highest BCUT2D eigenvalue weighted by Gasteiger charge is 2.32. The quantitative estimate of drug-likeness (QED) is 0.0546. The van der Waals surface area contributed by atoms with Gasteiger partial charge in [0.25, 0.3) is 0 Å². The molecule has 0 bridgehead atoms. The predicted molar refractivity (Wildman–Crippen MR) is 257 cm³/mol. The molecule has 2 unspecified atom stereocenters. The van der Waals surface area contributed by atoms with E-state index in [4.69, 9.17) is 46.4 Å². The van der Waals surface area contributed by atoms with E-state index in [2.05, 4.69) is 11.9 Å². The van der Waals surface area contributed by atoms with E-state index >= 15 is 0 Å². The Labute approximate surface area is 401 Å². The number of aryl methyl sites for hydroxylation is 2. The monoisotopic (exact) mass is 1030 g/mol. The summed E-state index contributed by atoms with van der Waals surface area (Å²) in [5, 5.41) is 25.1. The topological polar surface area (TPSA) is 162 Å². The third-order valence-electron chi connectivity index (χ3n) is 12.1. The Morgan fingerprint density at radius 3 is 1.41 bits per heavy atom. The van der Waals surface area contributed by atoms with Crippen molar-refractivity contribution in [3.63, 3.8) is 0 Å². The number of halogens is 4. The van der Waals surface area contributed by atoms with Gasteiger partial charge in [0.2, 0.25) is 0 Å².